The van der Waals surface area contributed by atoms with E-state index in [4.69, 9.17) is 11.6 Å². The fraction of sp³-hybridized carbons (Fsp3) is 0.533. The molecule has 0 aliphatic heterocycles. The standard InChI is InChI=1S/C15H21ClO2/c1-2-3-4-5-6-7-8-14(17)13-11-12(16)9-10-15(13)18/h9-11,18H,2-8H2,1H3. The van der Waals surface area contributed by atoms with Crippen LogP contribution in [0.1, 0.15) is 62.2 Å². The van der Waals surface area contributed by atoms with E-state index in [-0.39, 0.29) is 11.5 Å². The van der Waals surface area contributed by atoms with Crippen LogP contribution in [0.25, 0.3) is 0 Å². The minimum Gasteiger partial charge on any atom is -0.507 e. The maximum absolute atomic E-state index is 11.9. The molecule has 0 bridgehead atoms. The van der Waals surface area contributed by atoms with Gasteiger partial charge < -0.3 is 5.11 Å². The minimum absolute atomic E-state index is 0.0227. The van der Waals surface area contributed by atoms with Gasteiger partial charge in [-0.25, -0.2) is 0 Å². The highest BCUT2D eigenvalue weighted by molar-refractivity contribution is 6.31. The Balaban J connectivity index is 2.34. The average Bonchev–Trinajstić information content (AvgIpc) is 2.36. The number of halogens is 1. The van der Waals surface area contributed by atoms with Crippen LogP contribution in [-0.4, -0.2) is 10.9 Å². The minimum atomic E-state index is -0.0227. The maximum atomic E-state index is 11.9. The summed E-state index contributed by atoms with van der Waals surface area (Å²) in [5.41, 5.74) is 0.344. The van der Waals surface area contributed by atoms with Gasteiger partial charge in [0.1, 0.15) is 5.75 Å². The number of ketones is 1. The third kappa shape index (κ3) is 5.09. The fourth-order valence-corrected chi connectivity index (χ4v) is 2.10. The molecule has 0 aromatic heterocycles. The molecule has 100 valence electrons. The van der Waals surface area contributed by atoms with Gasteiger partial charge in [-0.05, 0) is 24.6 Å². The number of carbonyl (C=O) groups excluding carboxylic acids is 1. The van der Waals surface area contributed by atoms with Crippen molar-refractivity contribution in [2.24, 2.45) is 0 Å². The van der Waals surface area contributed by atoms with Gasteiger partial charge in [-0.3, -0.25) is 4.79 Å². The molecule has 18 heavy (non-hydrogen) atoms. The van der Waals surface area contributed by atoms with E-state index < -0.39 is 0 Å². The van der Waals surface area contributed by atoms with Crippen LogP contribution in [0.2, 0.25) is 5.02 Å². The Hall–Kier alpha value is -1.02. The molecular formula is C15H21ClO2. The number of rotatable bonds is 8. The van der Waals surface area contributed by atoms with Crippen LogP contribution >= 0.6 is 11.6 Å². The first kappa shape index (κ1) is 15.0. The Bertz CT molecular complexity index is 388. The van der Waals surface area contributed by atoms with Crippen LogP contribution in [0.3, 0.4) is 0 Å². The molecule has 1 aromatic rings. The van der Waals surface area contributed by atoms with E-state index >= 15 is 0 Å². The predicted octanol–water partition coefficient (Wildman–Crippen LogP) is 4.98. The van der Waals surface area contributed by atoms with Crippen molar-refractivity contribution in [1.82, 2.24) is 0 Å². The van der Waals surface area contributed by atoms with E-state index in [1.165, 1.54) is 37.8 Å². The molecule has 1 N–H and O–H groups in total. The van der Waals surface area contributed by atoms with E-state index in [9.17, 15) is 9.90 Å². The molecule has 0 unspecified atom stereocenters. The number of phenols is 1. The zero-order valence-electron chi connectivity index (χ0n) is 10.9. The third-order valence-corrected chi connectivity index (χ3v) is 3.25. The van der Waals surface area contributed by atoms with Crippen LogP contribution in [0.15, 0.2) is 18.2 Å². The summed E-state index contributed by atoms with van der Waals surface area (Å²) in [7, 11) is 0. The van der Waals surface area contributed by atoms with Gasteiger partial charge in [-0.1, -0.05) is 50.6 Å². The van der Waals surface area contributed by atoms with Gasteiger partial charge in [0.15, 0.2) is 5.78 Å². The van der Waals surface area contributed by atoms with Crippen molar-refractivity contribution >= 4 is 17.4 Å². The Morgan fingerprint density at radius 3 is 2.56 bits per heavy atom. The lowest BCUT2D eigenvalue weighted by molar-refractivity contribution is 0.0976. The number of hydrogen-bond acceptors (Lipinski definition) is 2. The fourth-order valence-electron chi connectivity index (χ4n) is 1.93. The van der Waals surface area contributed by atoms with Crippen LogP contribution < -0.4 is 0 Å². The molecule has 0 aliphatic rings. The molecule has 3 heteroatoms. The highest BCUT2D eigenvalue weighted by Gasteiger charge is 2.11. The van der Waals surface area contributed by atoms with Crippen LogP contribution in [0, 0.1) is 0 Å². The first-order valence-corrected chi connectivity index (χ1v) is 7.04. The molecule has 1 aromatic carbocycles. The molecule has 0 saturated heterocycles. The summed E-state index contributed by atoms with van der Waals surface area (Å²) < 4.78 is 0. The summed E-state index contributed by atoms with van der Waals surface area (Å²) in [6, 6.07) is 4.59. The monoisotopic (exact) mass is 268 g/mol. The van der Waals surface area contributed by atoms with Crippen molar-refractivity contribution in [3.8, 4) is 5.75 Å². The number of phenolic OH excluding ortho intramolecular Hbond substituents is 1. The van der Waals surface area contributed by atoms with Crippen molar-refractivity contribution < 1.29 is 9.90 Å². The smallest absolute Gasteiger partial charge is 0.166 e. The molecule has 0 fully saturated rings. The largest absolute Gasteiger partial charge is 0.507 e. The topological polar surface area (TPSA) is 37.3 Å². The van der Waals surface area contributed by atoms with Gasteiger partial charge in [0.25, 0.3) is 0 Å². The number of benzene rings is 1. The van der Waals surface area contributed by atoms with Gasteiger partial charge in [-0.15, -0.1) is 0 Å². The lowest BCUT2D eigenvalue weighted by Crippen LogP contribution is -1.99. The van der Waals surface area contributed by atoms with Gasteiger partial charge in [0.2, 0.25) is 0 Å². The molecule has 1 rings (SSSR count). The highest BCUT2D eigenvalue weighted by Crippen LogP contribution is 2.23. The van der Waals surface area contributed by atoms with E-state index in [0.717, 1.165) is 12.8 Å². The predicted molar refractivity (Wildman–Crippen MR) is 75.4 cm³/mol. The van der Waals surface area contributed by atoms with Crippen LogP contribution in [-0.2, 0) is 0 Å². The summed E-state index contributed by atoms with van der Waals surface area (Å²) in [4.78, 5) is 11.9. The molecule has 0 aliphatic carbocycles. The second-order valence-corrected chi connectivity index (χ2v) is 5.04. The average molecular weight is 269 g/mol. The number of hydrogen-bond donors (Lipinski definition) is 1. The first-order chi connectivity index (χ1) is 8.65. The summed E-state index contributed by atoms with van der Waals surface area (Å²) in [6.07, 6.45) is 7.37. The number of Topliss-reactive ketones (excluding diaryl/α,β-unsaturated/α-hetero) is 1. The first-order valence-electron chi connectivity index (χ1n) is 6.67. The zero-order valence-corrected chi connectivity index (χ0v) is 11.7. The van der Waals surface area contributed by atoms with Crippen LogP contribution in [0.4, 0.5) is 0 Å². The molecular weight excluding hydrogens is 248 g/mol. The van der Waals surface area contributed by atoms with E-state index in [1.807, 2.05) is 0 Å². The summed E-state index contributed by atoms with van der Waals surface area (Å²) in [5, 5.41) is 10.1. The Morgan fingerprint density at radius 2 is 1.83 bits per heavy atom. The maximum Gasteiger partial charge on any atom is 0.166 e. The van der Waals surface area contributed by atoms with Gasteiger partial charge >= 0.3 is 0 Å². The van der Waals surface area contributed by atoms with E-state index in [1.54, 1.807) is 6.07 Å². The SMILES string of the molecule is CCCCCCCCC(=O)c1cc(Cl)ccc1O. The van der Waals surface area contributed by atoms with Gasteiger partial charge in [0, 0.05) is 11.4 Å². The van der Waals surface area contributed by atoms with Crippen molar-refractivity contribution in [3.63, 3.8) is 0 Å². The Labute approximate surface area is 114 Å². The van der Waals surface area contributed by atoms with Gasteiger partial charge in [0.05, 0.1) is 5.56 Å². The summed E-state index contributed by atoms with van der Waals surface area (Å²) >= 11 is 5.82. The molecule has 0 atom stereocenters. The summed E-state index contributed by atoms with van der Waals surface area (Å²) in [6.45, 7) is 2.19. The molecule has 0 saturated carbocycles. The molecule has 0 spiro atoms. The van der Waals surface area contributed by atoms with Crippen molar-refractivity contribution in [2.75, 3.05) is 0 Å². The molecule has 0 radical (unpaired) electrons. The molecule has 2 nitrogen and oxygen atoms in total. The molecule has 0 heterocycles. The Morgan fingerprint density at radius 1 is 1.17 bits per heavy atom. The summed E-state index contributed by atoms with van der Waals surface area (Å²) in [5.74, 6) is 0.000810. The third-order valence-electron chi connectivity index (χ3n) is 3.02. The lowest BCUT2D eigenvalue weighted by Gasteiger charge is -2.04. The number of aromatic hydroxyl groups is 1. The van der Waals surface area contributed by atoms with E-state index in [0.29, 0.717) is 17.0 Å². The van der Waals surface area contributed by atoms with E-state index in [2.05, 4.69) is 6.92 Å². The normalized spacial score (nSPS) is 10.6. The number of carbonyl (C=O) groups is 1. The van der Waals surface area contributed by atoms with Crippen LogP contribution in [0.5, 0.6) is 5.75 Å². The highest BCUT2D eigenvalue weighted by atomic mass is 35.5. The van der Waals surface area contributed by atoms with Gasteiger partial charge in [-0.2, -0.15) is 0 Å². The second kappa shape index (κ2) is 8.15. The Kier molecular flexibility index (Phi) is 6.81. The second-order valence-electron chi connectivity index (χ2n) is 4.60. The molecule has 0 amide bonds. The zero-order chi connectivity index (χ0) is 13.4. The lowest BCUT2D eigenvalue weighted by atomic mass is 10.0. The van der Waals surface area contributed by atoms with Crippen molar-refractivity contribution in [2.45, 2.75) is 51.9 Å². The van der Waals surface area contributed by atoms with Crippen molar-refractivity contribution in [1.29, 1.82) is 0 Å². The van der Waals surface area contributed by atoms with Crippen molar-refractivity contribution in [3.05, 3.63) is 28.8 Å². The quantitative estimate of drug-likeness (QED) is 0.533. The number of unbranched alkanes of at least 4 members (excludes halogenated alkanes) is 5.